The zero-order valence-corrected chi connectivity index (χ0v) is 11.8. The second-order valence-corrected chi connectivity index (χ2v) is 5.17. The van der Waals surface area contributed by atoms with Crippen LogP contribution in [-0.2, 0) is 6.42 Å². The molecule has 0 unspecified atom stereocenters. The Hall–Kier alpha value is -1.84. The number of pyridine rings is 2. The van der Waals surface area contributed by atoms with Crippen molar-refractivity contribution in [3.63, 3.8) is 0 Å². The molecule has 2 rings (SSSR count). The molecule has 0 fully saturated rings. The summed E-state index contributed by atoms with van der Waals surface area (Å²) in [6, 6.07) is 5.82. The molecule has 0 aromatic carbocycles. The van der Waals surface area contributed by atoms with E-state index in [9.17, 15) is 4.79 Å². The summed E-state index contributed by atoms with van der Waals surface area (Å²) < 4.78 is 1.59. The number of nitrogens with zero attached hydrogens (tertiary/aromatic N) is 2. The zero-order chi connectivity index (χ0) is 13.8. The number of hydrogen-bond donors (Lipinski definition) is 1. The molecule has 0 saturated carbocycles. The van der Waals surface area contributed by atoms with Crippen LogP contribution >= 0.6 is 0 Å². The second kappa shape index (κ2) is 5.87. The molecule has 2 aromatic heterocycles. The minimum absolute atomic E-state index is 0.0115. The Balaban J connectivity index is 2.44. The van der Waals surface area contributed by atoms with Gasteiger partial charge in [0.05, 0.1) is 0 Å². The summed E-state index contributed by atoms with van der Waals surface area (Å²) in [6.45, 7) is 7.11. The standard InChI is InChI=1S/C15H21N3O/c1-4-12-10-13-6-5-8-16-14(13)18(15(12)19)17-9-7-11(2)3/h5-6,8,10-11,17H,4,7,9H2,1-3H3. The van der Waals surface area contributed by atoms with Gasteiger partial charge in [0.15, 0.2) is 5.65 Å². The molecule has 0 aliphatic heterocycles. The van der Waals surface area contributed by atoms with Gasteiger partial charge in [0.1, 0.15) is 0 Å². The highest BCUT2D eigenvalue weighted by Gasteiger charge is 2.08. The van der Waals surface area contributed by atoms with Crippen LogP contribution in [0.1, 0.15) is 32.8 Å². The molecule has 0 spiro atoms. The van der Waals surface area contributed by atoms with Gasteiger partial charge in [-0.15, -0.1) is 0 Å². The van der Waals surface area contributed by atoms with Gasteiger partial charge in [-0.1, -0.05) is 20.8 Å². The Kier molecular flexibility index (Phi) is 4.20. The minimum Gasteiger partial charge on any atom is -0.321 e. The van der Waals surface area contributed by atoms with Crippen LogP contribution in [0.3, 0.4) is 0 Å². The van der Waals surface area contributed by atoms with Crippen LogP contribution in [0, 0.1) is 5.92 Å². The number of rotatable bonds is 5. The van der Waals surface area contributed by atoms with E-state index >= 15 is 0 Å². The van der Waals surface area contributed by atoms with E-state index in [1.54, 1.807) is 10.9 Å². The van der Waals surface area contributed by atoms with E-state index in [0.29, 0.717) is 11.6 Å². The van der Waals surface area contributed by atoms with Crippen molar-refractivity contribution in [3.8, 4) is 0 Å². The third-order valence-electron chi connectivity index (χ3n) is 3.21. The normalized spacial score (nSPS) is 11.2. The van der Waals surface area contributed by atoms with E-state index in [2.05, 4.69) is 24.3 Å². The van der Waals surface area contributed by atoms with Gasteiger partial charge >= 0.3 is 0 Å². The summed E-state index contributed by atoms with van der Waals surface area (Å²) in [6.07, 6.45) is 3.47. The van der Waals surface area contributed by atoms with Crippen LogP contribution < -0.4 is 11.0 Å². The van der Waals surface area contributed by atoms with Crippen molar-refractivity contribution in [1.82, 2.24) is 9.66 Å². The molecule has 4 heteroatoms. The van der Waals surface area contributed by atoms with Crippen molar-refractivity contribution in [2.45, 2.75) is 33.6 Å². The molecule has 0 amide bonds. The lowest BCUT2D eigenvalue weighted by molar-refractivity contribution is 0.587. The van der Waals surface area contributed by atoms with Crippen LogP contribution in [0.5, 0.6) is 0 Å². The molecule has 0 bridgehead atoms. The summed E-state index contributed by atoms with van der Waals surface area (Å²) >= 11 is 0. The number of nitrogens with one attached hydrogen (secondary N) is 1. The molecule has 0 atom stereocenters. The molecule has 102 valence electrons. The Labute approximate surface area is 113 Å². The molecular weight excluding hydrogens is 238 g/mol. The highest BCUT2D eigenvalue weighted by molar-refractivity contribution is 5.75. The number of fused-ring (bicyclic) bond motifs is 1. The summed E-state index contributed by atoms with van der Waals surface area (Å²) in [4.78, 5) is 16.7. The largest absolute Gasteiger partial charge is 0.321 e. The topological polar surface area (TPSA) is 46.9 Å². The first-order valence-electron chi connectivity index (χ1n) is 6.87. The smallest absolute Gasteiger partial charge is 0.273 e. The van der Waals surface area contributed by atoms with Gasteiger partial charge in [-0.05, 0) is 37.0 Å². The van der Waals surface area contributed by atoms with Gasteiger partial charge in [-0.3, -0.25) is 4.79 Å². The SMILES string of the molecule is CCc1cc2cccnc2n(NCCC(C)C)c1=O. The van der Waals surface area contributed by atoms with Gasteiger partial charge in [0.2, 0.25) is 0 Å². The maximum atomic E-state index is 12.4. The van der Waals surface area contributed by atoms with E-state index in [4.69, 9.17) is 0 Å². The average Bonchev–Trinajstić information content (AvgIpc) is 2.40. The van der Waals surface area contributed by atoms with Crippen molar-refractivity contribution in [2.75, 3.05) is 12.0 Å². The lowest BCUT2D eigenvalue weighted by Gasteiger charge is -2.14. The van der Waals surface area contributed by atoms with Gasteiger partial charge in [-0.2, -0.15) is 0 Å². The molecule has 2 heterocycles. The summed E-state index contributed by atoms with van der Waals surface area (Å²) in [5, 5.41) is 0.996. The Morgan fingerprint density at radius 2 is 2.21 bits per heavy atom. The van der Waals surface area contributed by atoms with E-state index < -0.39 is 0 Å². The molecule has 1 N–H and O–H groups in total. The second-order valence-electron chi connectivity index (χ2n) is 5.17. The highest BCUT2D eigenvalue weighted by atomic mass is 16.1. The van der Waals surface area contributed by atoms with Crippen molar-refractivity contribution in [1.29, 1.82) is 0 Å². The first-order chi connectivity index (χ1) is 9.13. The van der Waals surface area contributed by atoms with Crippen LogP contribution in [0.2, 0.25) is 0 Å². The monoisotopic (exact) mass is 259 g/mol. The molecular formula is C15H21N3O. The highest BCUT2D eigenvalue weighted by Crippen LogP contribution is 2.10. The Morgan fingerprint density at radius 3 is 2.89 bits per heavy atom. The Morgan fingerprint density at radius 1 is 1.42 bits per heavy atom. The Bertz CT molecular complexity index is 616. The van der Waals surface area contributed by atoms with Crippen molar-refractivity contribution < 1.29 is 0 Å². The summed E-state index contributed by atoms with van der Waals surface area (Å²) in [5.41, 5.74) is 4.73. The van der Waals surface area contributed by atoms with Gasteiger partial charge < -0.3 is 5.43 Å². The molecule has 4 nitrogen and oxygen atoms in total. The quantitative estimate of drug-likeness (QED) is 0.897. The predicted molar refractivity (Wildman–Crippen MR) is 79.1 cm³/mol. The van der Waals surface area contributed by atoms with Gasteiger partial charge in [0, 0.05) is 23.7 Å². The third kappa shape index (κ3) is 2.95. The first-order valence-corrected chi connectivity index (χ1v) is 6.87. The molecule has 0 aliphatic carbocycles. The summed E-state index contributed by atoms with van der Waals surface area (Å²) in [7, 11) is 0. The minimum atomic E-state index is 0.0115. The van der Waals surface area contributed by atoms with Crippen LogP contribution in [-0.4, -0.2) is 16.2 Å². The van der Waals surface area contributed by atoms with Crippen molar-refractivity contribution in [2.24, 2.45) is 5.92 Å². The fraction of sp³-hybridized carbons (Fsp3) is 0.467. The van der Waals surface area contributed by atoms with E-state index in [1.807, 2.05) is 25.1 Å². The van der Waals surface area contributed by atoms with Crippen LogP contribution in [0.4, 0.5) is 0 Å². The van der Waals surface area contributed by atoms with E-state index in [-0.39, 0.29) is 5.56 Å². The lowest BCUT2D eigenvalue weighted by atomic mass is 10.1. The average molecular weight is 259 g/mol. The van der Waals surface area contributed by atoms with Gasteiger partial charge in [-0.25, -0.2) is 9.66 Å². The van der Waals surface area contributed by atoms with E-state index in [0.717, 1.165) is 30.3 Å². The lowest BCUT2D eigenvalue weighted by Crippen LogP contribution is -2.32. The van der Waals surface area contributed by atoms with E-state index in [1.165, 1.54) is 0 Å². The maximum Gasteiger partial charge on any atom is 0.273 e. The van der Waals surface area contributed by atoms with Crippen molar-refractivity contribution >= 4 is 11.0 Å². The fourth-order valence-corrected chi connectivity index (χ4v) is 2.06. The first kappa shape index (κ1) is 13.6. The maximum absolute atomic E-state index is 12.4. The molecule has 19 heavy (non-hydrogen) atoms. The zero-order valence-electron chi connectivity index (χ0n) is 11.8. The molecule has 0 saturated heterocycles. The number of aromatic nitrogens is 2. The molecule has 0 radical (unpaired) electrons. The summed E-state index contributed by atoms with van der Waals surface area (Å²) in [5.74, 6) is 0.608. The molecule has 2 aromatic rings. The van der Waals surface area contributed by atoms with Gasteiger partial charge in [0.25, 0.3) is 5.56 Å². The number of hydrogen-bond acceptors (Lipinski definition) is 3. The number of aryl methyl sites for hydroxylation is 1. The third-order valence-corrected chi connectivity index (χ3v) is 3.21. The predicted octanol–water partition coefficient (Wildman–Crippen LogP) is 2.55. The molecule has 0 aliphatic rings. The van der Waals surface area contributed by atoms with Crippen LogP contribution in [0.15, 0.2) is 29.2 Å². The van der Waals surface area contributed by atoms with Crippen LogP contribution in [0.25, 0.3) is 11.0 Å². The fourth-order valence-electron chi connectivity index (χ4n) is 2.06. The van der Waals surface area contributed by atoms with Crippen molar-refractivity contribution in [3.05, 3.63) is 40.3 Å².